The number of aromatic nitrogens is 2. The lowest BCUT2D eigenvalue weighted by atomic mass is 10.1. The predicted molar refractivity (Wildman–Crippen MR) is 71.3 cm³/mol. The second kappa shape index (κ2) is 5.27. The lowest BCUT2D eigenvalue weighted by molar-refractivity contribution is 0.622. The van der Waals surface area contributed by atoms with Crippen molar-refractivity contribution in [1.82, 2.24) is 15.3 Å². The molecule has 1 aliphatic heterocycles. The summed E-state index contributed by atoms with van der Waals surface area (Å²) in [7, 11) is 0. The normalized spacial score (nSPS) is 19.0. The van der Waals surface area contributed by atoms with Gasteiger partial charge in [-0.1, -0.05) is 30.3 Å². The van der Waals surface area contributed by atoms with Crippen LogP contribution in [-0.4, -0.2) is 16.5 Å². The van der Waals surface area contributed by atoms with Crippen molar-refractivity contribution in [3.8, 4) is 0 Å². The summed E-state index contributed by atoms with van der Waals surface area (Å²) in [5.74, 6) is 0. The van der Waals surface area contributed by atoms with Crippen LogP contribution in [0.1, 0.15) is 35.8 Å². The largest absolute Gasteiger partial charge is 0.309 e. The molecule has 0 radical (unpaired) electrons. The van der Waals surface area contributed by atoms with E-state index in [2.05, 4.69) is 39.6 Å². The molecule has 2 heterocycles. The first kappa shape index (κ1) is 11.4. The van der Waals surface area contributed by atoms with Crippen LogP contribution in [0.4, 0.5) is 0 Å². The Bertz CT molecular complexity index is 487. The number of nitrogens with one attached hydrogen (secondary N) is 1. The SMILES string of the molecule is c1ccc(Cc2cnc([C@@H]3CCCN3)cn2)cc1. The molecule has 1 aromatic heterocycles. The van der Waals surface area contributed by atoms with Crippen molar-refractivity contribution in [2.45, 2.75) is 25.3 Å². The summed E-state index contributed by atoms with van der Waals surface area (Å²) in [6.07, 6.45) is 7.08. The quantitative estimate of drug-likeness (QED) is 0.894. The molecule has 3 heteroatoms. The van der Waals surface area contributed by atoms with Gasteiger partial charge in [0.15, 0.2) is 0 Å². The molecule has 2 aromatic rings. The van der Waals surface area contributed by atoms with E-state index in [9.17, 15) is 0 Å². The first-order valence-corrected chi connectivity index (χ1v) is 6.50. The molecule has 1 N–H and O–H groups in total. The smallest absolute Gasteiger partial charge is 0.0756 e. The van der Waals surface area contributed by atoms with Crippen LogP contribution < -0.4 is 5.32 Å². The van der Waals surface area contributed by atoms with Crippen molar-refractivity contribution in [2.75, 3.05) is 6.54 Å². The Hall–Kier alpha value is -1.74. The van der Waals surface area contributed by atoms with Crippen LogP contribution >= 0.6 is 0 Å². The van der Waals surface area contributed by atoms with Gasteiger partial charge in [-0.3, -0.25) is 9.97 Å². The van der Waals surface area contributed by atoms with E-state index in [0.29, 0.717) is 6.04 Å². The van der Waals surface area contributed by atoms with E-state index in [1.807, 2.05) is 18.5 Å². The maximum Gasteiger partial charge on any atom is 0.0756 e. The summed E-state index contributed by atoms with van der Waals surface area (Å²) in [6.45, 7) is 1.10. The average Bonchev–Trinajstić information content (AvgIpc) is 2.95. The second-order valence-corrected chi connectivity index (χ2v) is 4.74. The lowest BCUT2D eigenvalue weighted by Crippen LogP contribution is -2.14. The summed E-state index contributed by atoms with van der Waals surface area (Å²) in [5.41, 5.74) is 3.38. The van der Waals surface area contributed by atoms with Crippen LogP contribution in [0.3, 0.4) is 0 Å². The predicted octanol–water partition coefficient (Wildman–Crippen LogP) is 2.49. The summed E-state index contributed by atoms with van der Waals surface area (Å²) in [5, 5.41) is 3.44. The maximum absolute atomic E-state index is 4.53. The van der Waals surface area contributed by atoms with E-state index in [1.165, 1.54) is 18.4 Å². The van der Waals surface area contributed by atoms with Gasteiger partial charge in [0.2, 0.25) is 0 Å². The lowest BCUT2D eigenvalue weighted by Gasteiger charge is -2.09. The van der Waals surface area contributed by atoms with E-state index in [-0.39, 0.29) is 0 Å². The first-order valence-electron chi connectivity index (χ1n) is 6.50. The fraction of sp³-hybridized carbons (Fsp3) is 0.333. The average molecular weight is 239 g/mol. The highest BCUT2D eigenvalue weighted by Crippen LogP contribution is 2.20. The van der Waals surface area contributed by atoms with Gasteiger partial charge in [-0.15, -0.1) is 0 Å². The zero-order valence-corrected chi connectivity index (χ0v) is 10.3. The molecule has 3 rings (SSSR count). The van der Waals surface area contributed by atoms with Crippen molar-refractivity contribution in [3.05, 3.63) is 59.7 Å². The van der Waals surface area contributed by atoms with Crippen LogP contribution in [0.25, 0.3) is 0 Å². The minimum atomic E-state index is 0.406. The van der Waals surface area contributed by atoms with E-state index in [1.54, 1.807) is 0 Å². The molecule has 18 heavy (non-hydrogen) atoms. The molecule has 1 aliphatic rings. The number of hydrogen-bond donors (Lipinski definition) is 1. The number of rotatable bonds is 3. The Morgan fingerprint density at radius 3 is 2.67 bits per heavy atom. The summed E-state index contributed by atoms with van der Waals surface area (Å²) in [4.78, 5) is 9.05. The van der Waals surface area contributed by atoms with E-state index in [4.69, 9.17) is 0 Å². The molecule has 0 spiro atoms. The number of nitrogens with zero attached hydrogens (tertiary/aromatic N) is 2. The van der Waals surface area contributed by atoms with Gasteiger partial charge in [-0.05, 0) is 24.9 Å². The zero-order valence-electron chi connectivity index (χ0n) is 10.3. The minimum absolute atomic E-state index is 0.406. The van der Waals surface area contributed by atoms with Crippen LogP contribution in [0.5, 0.6) is 0 Å². The van der Waals surface area contributed by atoms with Crippen molar-refractivity contribution < 1.29 is 0 Å². The molecule has 1 aromatic carbocycles. The van der Waals surface area contributed by atoms with Crippen molar-refractivity contribution in [3.63, 3.8) is 0 Å². The zero-order chi connectivity index (χ0) is 12.2. The van der Waals surface area contributed by atoms with Gasteiger partial charge >= 0.3 is 0 Å². The highest BCUT2D eigenvalue weighted by atomic mass is 15.0. The van der Waals surface area contributed by atoms with Gasteiger partial charge < -0.3 is 5.32 Å². The first-order chi connectivity index (χ1) is 8.92. The number of benzene rings is 1. The highest BCUT2D eigenvalue weighted by Gasteiger charge is 2.17. The highest BCUT2D eigenvalue weighted by molar-refractivity contribution is 5.21. The van der Waals surface area contributed by atoms with Gasteiger partial charge in [0.1, 0.15) is 0 Å². The van der Waals surface area contributed by atoms with Gasteiger partial charge in [0, 0.05) is 12.6 Å². The van der Waals surface area contributed by atoms with Crippen molar-refractivity contribution in [2.24, 2.45) is 0 Å². The Morgan fingerprint density at radius 1 is 1.11 bits per heavy atom. The Kier molecular flexibility index (Phi) is 3.33. The molecular weight excluding hydrogens is 222 g/mol. The summed E-state index contributed by atoms with van der Waals surface area (Å²) in [6, 6.07) is 10.8. The topological polar surface area (TPSA) is 37.8 Å². The van der Waals surface area contributed by atoms with Crippen LogP contribution in [0.15, 0.2) is 42.7 Å². The molecule has 1 fully saturated rings. The maximum atomic E-state index is 4.53. The minimum Gasteiger partial charge on any atom is -0.309 e. The molecule has 0 saturated carbocycles. The molecule has 0 bridgehead atoms. The molecule has 0 amide bonds. The Morgan fingerprint density at radius 2 is 2.00 bits per heavy atom. The monoisotopic (exact) mass is 239 g/mol. The van der Waals surface area contributed by atoms with E-state index < -0.39 is 0 Å². The van der Waals surface area contributed by atoms with Crippen LogP contribution in [0.2, 0.25) is 0 Å². The molecular formula is C15H17N3. The van der Waals surface area contributed by atoms with Gasteiger partial charge in [-0.25, -0.2) is 0 Å². The molecule has 1 saturated heterocycles. The second-order valence-electron chi connectivity index (χ2n) is 4.74. The third-order valence-electron chi connectivity index (χ3n) is 3.37. The van der Waals surface area contributed by atoms with Gasteiger partial charge in [0.05, 0.1) is 23.6 Å². The third-order valence-corrected chi connectivity index (χ3v) is 3.37. The Balaban J connectivity index is 1.71. The fourth-order valence-electron chi connectivity index (χ4n) is 2.38. The fourth-order valence-corrected chi connectivity index (χ4v) is 2.38. The molecule has 0 aliphatic carbocycles. The van der Waals surface area contributed by atoms with Gasteiger partial charge in [0.25, 0.3) is 0 Å². The van der Waals surface area contributed by atoms with E-state index >= 15 is 0 Å². The van der Waals surface area contributed by atoms with Crippen molar-refractivity contribution in [1.29, 1.82) is 0 Å². The number of hydrogen-bond acceptors (Lipinski definition) is 3. The third kappa shape index (κ3) is 2.57. The summed E-state index contributed by atoms with van der Waals surface area (Å²) < 4.78 is 0. The molecule has 0 unspecified atom stereocenters. The van der Waals surface area contributed by atoms with Crippen LogP contribution in [-0.2, 0) is 6.42 Å². The molecule has 92 valence electrons. The molecule has 3 nitrogen and oxygen atoms in total. The van der Waals surface area contributed by atoms with Crippen LogP contribution in [0, 0.1) is 0 Å². The van der Waals surface area contributed by atoms with E-state index in [0.717, 1.165) is 24.4 Å². The standard InChI is InChI=1S/C15H17N3/c1-2-5-12(6-3-1)9-13-10-18-15(11-17-13)14-7-4-8-16-14/h1-3,5-6,10-11,14,16H,4,7-9H2/t14-/m0/s1. The molecule has 1 atom stereocenters. The van der Waals surface area contributed by atoms with Crippen molar-refractivity contribution >= 4 is 0 Å². The van der Waals surface area contributed by atoms with Gasteiger partial charge in [-0.2, -0.15) is 0 Å². The summed E-state index contributed by atoms with van der Waals surface area (Å²) >= 11 is 0. The Labute approximate surface area is 107 Å².